The summed E-state index contributed by atoms with van der Waals surface area (Å²) < 4.78 is 6.37. The number of thioether (sulfide) groups is 1. The van der Waals surface area contributed by atoms with Crippen LogP contribution in [0, 0.1) is 0 Å². The summed E-state index contributed by atoms with van der Waals surface area (Å²) in [6, 6.07) is 8.76. The first-order chi connectivity index (χ1) is 11.7. The highest BCUT2D eigenvalue weighted by molar-refractivity contribution is 8.26. The minimum Gasteiger partial charge on any atom is -0.457 e. The number of hydrogen-bond donors (Lipinski definition) is 0. The number of hydrogen-bond acceptors (Lipinski definition) is 4. The van der Waals surface area contributed by atoms with E-state index in [1.54, 1.807) is 41.3 Å². The maximum atomic E-state index is 12.6. The molecule has 2 aromatic rings. The van der Waals surface area contributed by atoms with Gasteiger partial charge >= 0.3 is 0 Å². The molecule has 25 heavy (non-hydrogen) atoms. The zero-order chi connectivity index (χ0) is 18.4. The number of carbonyl (C=O) groups is 1. The lowest BCUT2D eigenvalue weighted by molar-refractivity contribution is -0.125. The summed E-state index contributed by atoms with van der Waals surface area (Å²) in [5.41, 5.74) is 0.343. The number of thiocarbonyl (C=S) groups is 1. The predicted molar refractivity (Wildman–Crippen MR) is 109 cm³/mol. The zero-order valence-electron chi connectivity index (χ0n) is 13.8. The molecule has 7 heteroatoms. The van der Waals surface area contributed by atoms with Crippen LogP contribution in [0.15, 0.2) is 39.7 Å². The van der Waals surface area contributed by atoms with E-state index in [1.165, 1.54) is 11.8 Å². The molecule has 0 bridgehead atoms. The molecule has 0 saturated carbocycles. The average Bonchev–Trinajstić information content (AvgIpc) is 3.06. The number of amides is 1. The molecular formula is C18H15Cl2NO2S2. The van der Waals surface area contributed by atoms with Gasteiger partial charge in [0.2, 0.25) is 0 Å². The minimum absolute atomic E-state index is 0.110. The minimum atomic E-state index is -0.362. The lowest BCUT2D eigenvalue weighted by Crippen LogP contribution is -2.44. The third kappa shape index (κ3) is 3.80. The van der Waals surface area contributed by atoms with Crippen LogP contribution in [0.3, 0.4) is 0 Å². The van der Waals surface area contributed by atoms with E-state index in [1.807, 2.05) is 20.8 Å². The molecular weight excluding hydrogens is 397 g/mol. The Balaban J connectivity index is 1.91. The number of halogens is 2. The molecule has 0 atom stereocenters. The van der Waals surface area contributed by atoms with E-state index in [2.05, 4.69) is 0 Å². The maximum absolute atomic E-state index is 12.6. The zero-order valence-corrected chi connectivity index (χ0v) is 16.9. The fraction of sp³-hybridized carbons (Fsp3) is 0.222. The maximum Gasteiger partial charge on any atom is 0.266 e. The molecule has 3 nitrogen and oxygen atoms in total. The van der Waals surface area contributed by atoms with Crippen molar-refractivity contribution in [3.05, 3.63) is 51.0 Å². The smallest absolute Gasteiger partial charge is 0.266 e. The molecule has 3 rings (SSSR count). The monoisotopic (exact) mass is 411 g/mol. The molecule has 1 aliphatic rings. The SMILES string of the molecule is CC(C)(C)N1C(=O)C(=Cc2ccc(-c3cc(Cl)ccc3Cl)o2)SC1=S. The molecule has 2 heterocycles. The molecule has 1 aliphatic heterocycles. The number of rotatable bonds is 2. The third-order valence-electron chi connectivity index (χ3n) is 3.56. The van der Waals surface area contributed by atoms with Crippen LogP contribution in [0.1, 0.15) is 26.5 Å². The van der Waals surface area contributed by atoms with E-state index in [0.29, 0.717) is 36.4 Å². The lowest BCUT2D eigenvalue weighted by Gasteiger charge is -2.30. The van der Waals surface area contributed by atoms with Gasteiger partial charge in [0, 0.05) is 22.2 Å². The van der Waals surface area contributed by atoms with Crippen LogP contribution in [0.5, 0.6) is 0 Å². The highest BCUT2D eigenvalue weighted by atomic mass is 35.5. The van der Waals surface area contributed by atoms with E-state index in [-0.39, 0.29) is 11.4 Å². The predicted octanol–water partition coefficient (Wildman–Crippen LogP) is 6.25. The second kappa shape index (κ2) is 6.80. The van der Waals surface area contributed by atoms with Gasteiger partial charge in [0.15, 0.2) is 0 Å². The molecule has 1 aromatic heterocycles. The Bertz CT molecular complexity index is 897. The Morgan fingerprint density at radius 1 is 1.20 bits per heavy atom. The van der Waals surface area contributed by atoms with Gasteiger partial charge in [-0.2, -0.15) is 0 Å². The van der Waals surface area contributed by atoms with Gasteiger partial charge in [-0.25, -0.2) is 0 Å². The summed E-state index contributed by atoms with van der Waals surface area (Å²) in [4.78, 5) is 14.8. The number of furan rings is 1. The molecule has 0 N–H and O–H groups in total. The third-order valence-corrected chi connectivity index (χ3v) is 5.43. The number of nitrogens with zero attached hydrogens (tertiary/aromatic N) is 1. The Hall–Kier alpha value is -1.27. The Kier molecular flexibility index (Phi) is 5.04. The summed E-state index contributed by atoms with van der Waals surface area (Å²) in [5.74, 6) is 1.03. The quantitative estimate of drug-likeness (QED) is 0.431. The summed E-state index contributed by atoms with van der Waals surface area (Å²) >= 11 is 18.8. The Morgan fingerprint density at radius 2 is 1.92 bits per heavy atom. The van der Waals surface area contributed by atoms with Crippen molar-refractivity contribution in [2.24, 2.45) is 0 Å². The van der Waals surface area contributed by atoms with Crippen LogP contribution in [0.2, 0.25) is 10.0 Å². The summed E-state index contributed by atoms with van der Waals surface area (Å²) in [6.07, 6.45) is 1.70. The summed E-state index contributed by atoms with van der Waals surface area (Å²) in [5, 5.41) is 1.12. The normalized spacial score (nSPS) is 17.0. The summed E-state index contributed by atoms with van der Waals surface area (Å²) in [6.45, 7) is 5.85. The van der Waals surface area contributed by atoms with Gasteiger partial charge in [-0.3, -0.25) is 9.69 Å². The van der Waals surface area contributed by atoms with Crippen LogP contribution < -0.4 is 0 Å². The highest BCUT2D eigenvalue weighted by Gasteiger charge is 2.39. The molecule has 0 aliphatic carbocycles. The Labute approximate surface area is 166 Å². The van der Waals surface area contributed by atoms with E-state index in [9.17, 15) is 4.79 Å². The van der Waals surface area contributed by atoms with Crippen molar-refractivity contribution >= 4 is 63.5 Å². The molecule has 0 unspecified atom stereocenters. The van der Waals surface area contributed by atoms with E-state index in [4.69, 9.17) is 39.8 Å². The van der Waals surface area contributed by atoms with Gasteiger partial charge in [0.05, 0.1) is 9.93 Å². The molecule has 1 aromatic carbocycles. The fourth-order valence-corrected chi connectivity index (χ4v) is 4.44. The van der Waals surface area contributed by atoms with Crippen molar-refractivity contribution in [3.8, 4) is 11.3 Å². The van der Waals surface area contributed by atoms with Crippen molar-refractivity contribution < 1.29 is 9.21 Å². The van der Waals surface area contributed by atoms with Gasteiger partial charge in [0.25, 0.3) is 5.91 Å². The van der Waals surface area contributed by atoms with Gasteiger partial charge < -0.3 is 4.42 Å². The standard InChI is InChI=1S/C18H15Cl2NO2S2/c1-18(2,3)21-16(22)15(25-17(21)24)9-11-5-7-14(23-11)12-8-10(19)4-6-13(12)20/h4-9H,1-3H3. The van der Waals surface area contributed by atoms with Crippen LogP contribution in [-0.2, 0) is 4.79 Å². The van der Waals surface area contributed by atoms with Crippen molar-refractivity contribution in [1.29, 1.82) is 0 Å². The highest BCUT2D eigenvalue weighted by Crippen LogP contribution is 2.38. The topological polar surface area (TPSA) is 33.5 Å². The van der Waals surface area contributed by atoms with Gasteiger partial charge in [-0.15, -0.1) is 0 Å². The first-order valence-corrected chi connectivity index (χ1v) is 9.48. The van der Waals surface area contributed by atoms with Crippen molar-refractivity contribution in [2.75, 3.05) is 0 Å². The van der Waals surface area contributed by atoms with Gasteiger partial charge in [0.1, 0.15) is 15.8 Å². The van der Waals surface area contributed by atoms with Crippen molar-refractivity contribution in [2.45, 2.75) is 26.3 Å². The Morgan fingerprint density at radius 3 is 2.56 bits per heavy atom. The number of benzene rings is 1. The lowest BCUT2D eigenvalue weighted by atomic mass is 10.1. The fourth-order valence-electron chi connectivity index (χ4n) is 2.44. The molecule has 0 radical (unpaired) electrons. The number of carbonyl (C=O) groups excluding carboxylic acids is 1. The average molecular weight is 412 g/mol. The molecule has 0 spiro atoms. The molecule has 130 valence electrons. The second-order valence-corrected chi connectivity index (χ2v) is 9.03. The first kappa shape index (κ1) is 18.5. The molecule has 1 amide bonds. The van der Waals surface area contributed by atoms with E-state index < -0.39 is 0 Å². The van der Waals surface area contributed by atoms with Crippen LogP contribution in [0.25, 0.3) is 17.4 Å². The van der Waals surface area contributed by atoms with E-state index >= 15 is 0 Å². The van der Waals surface area contributed by atoms with Gasteiger partial charge in [-0.1, -0.05) is 47.2 Å². The largest absolute Gasteiger partial charge is 0.457 e. The van der Waals surface area contributed by atoms with Crippen molar-refractivity contribution in [1.82, 2.24) is 4.90 Å². The van der Waals surface area contributed by atoms with Crippen molar-refractivity contribution in [3.63, 3.8) is 0 Å². The summed E-state index contributed by atoms with van der Waals surface area (Å²) in [7, 11) is 0. The molecule has 1 fully saturated rings. The van der Waals surface area contributed by atoms with Crippen LogP contribution in [-0.4, -0.2) is 20.7 Å². The molecule has 1 saturated heterocycles. The second-order valence-electron chi connectivity index (χ2n) is 6.51. The van der Waals surface area contributed by atoms with Crippen LogP contribution >= 0.6 is 47.2 Å². The van der Waals surface area contributed by atoms with Gasteiger partial charge in [-0.05, 0) is 51.1 Å². The van der Waals surface area contributed by atoms with Crippen LogP contribution in [0.4, 0.5) is 0 Å². The first-order valence-electron chi connectivity index (χ1n) is 7.50. The van der Waals surface area contributed by atoms with E-state index in [0.717, 1.165) is 0 Å².